The van der Waals surface area contributed by atoms with Gasteiger partial charge in [-0.3, -0.25) is 47.9 Å². The number of nitrogens with zero attached hydrogens (tertiary/aromatic N) is 2. The van der Waals surface area contributed by atoms with Crippen LogP contribution in [0.3, 0.4) is 0 Å². The molecule has 2 fully saturated rings. The van der Waals surface area contributed by atoms with Crippen LogP contribution in [0.4, 0.5) is 0 Å². The molecule has 3 aromatic rings. The van der Waals surface area contributed by atoms with Crippen molar-refractivity contribution in [2.75, 3.05) is 38.5 Å². The summed E-state index contributed by atoms with van der Waals surface area (Å²) in [5.74, 6) is -9.44. The molecule has 10 amide bonds. The van der Waals surface area contributed by atoms with Crippen LogP contribution < -0.4 is 54.4 Å². The van der Waals surface area contributed by atoms with Gasteiger partial charge in [0.2, 0.25) is 59.1 Å². The van der Waals surface area contributed by atoms with Crippen LogP contribution >= 0.6 is 12.6 Å². The summed E-state index contributed by atoms with van der Waals surface area (Å²) in [4.78, 5) is 154. The van der Waals surface area contributed by atoms with Crippen molar-refractivity contribution in [2.24, 2.45) is 23.1 Å². The number of carboxylic acid groups (broad SMARTS) is 1. The quantitative estimate of drug-likeness (QED) is 0.0231. The highest BCUT2D eigenvalue weighted by atomic mass is 32.1. The maximum absolute atomic E-state index is 14.7. The van der Waals surface area contributed by atoms with Crippen LogP contribution in [0.1, 0.15) is 82.8 Å². The molecule has 0 saturated carbocycles. The summed E-state index contributed by atoms with van der Waals surface area (Å²) in [6.45, 7) is 2.39. The number of carboxylic acids is 1. The van der Waals surface area contributed by atoms with Gasteiger partial charge in [0.05, 0.1) is 19.2 Å². The number of carbonyl (C=O) groups is 11. The zero-order valence-electron chi connectivity index (χ0n) is 45.5. The number of hydrogen-bond donors (Lipinski definition) is 14. The Labute approximate surface area is 474 Å². The second kappa shape index (κ2) is 31.4. The lowest BCUT2D eigenvalue weighted by molar-refractivity contribution is -0.148. The standard InChI is InChI=1S/C54H77N13O13S/c1-30(2)45(51(76)61-36(16-8-9-21-55)47(72)62-37(54(79)80)19-20-43(57)69)65-48(73)38(25-32-26-58-35-15-7-6-14-33(32)35)63-50(75)41-17-10-22-66(41)53(78)42-18-11-23-67(42)52(77)39(24-31-12-4-3-5-13-31)64-49(74)40(28-68)60-44(70)27-59-46(71)34(56)29-81/h3-7,12-15,26,30,34,36-42,45,58,68,81H,8-11,16-25,27-29,55-56H2,1-2H3,(H2,57,69)(H,59,71)(H,60,70)(H,61,76)(H,62,72)(H,63,75)(H,64,74)(H,65,73)(H,79,80)/t34-,36-,37-,38-,39-,40-,41-,42-,45-/m0/s1. The van der Waals surface area contributed by atoms with E-state index >= 15 is 0 Å². The molecule has 0 spiro atoms. The molecule has 27 heteroatoms. The number of hydrogen-bond acceptors (Lipinski definition) is 15. The normalized spacial score (nSPS) is 17.6. The monoisotopic (exact) mass is 1150 g/mol. The number of aromatic amines is 1. The predicted molar refractivity (Wildman–Crippen MR) is 299 cm³/mol. The first-order valence-electron chi connectivity index (χ1n) is 27.1. The van der Waals surface area contributed by atoms with Gasteiger partial charge in [0.15, 0.2) is 0 Å². The summed E-state index contributed by atoms with van der Waals surface area (Å²) < 4.78 is 0. The highest BCUT2D eigenvalue weighted by Gasteiger charge is 2.45. The number of para-hydroxylation sites is 1. The Balaban J connectivity index is 1.35. The maximum atomic E-state index is 14.7. The van der Waals surface area contributed by atoms with Crippen molar-refractivity contribution < 1.29 is 63.0 Å². The Bertz CT molecular complexity index is 2710. The van der Waals surface area contributed by atoms with Crippen molar-refractivity contribution in [1.82, 2.24) is 52.0 Å². The zero-order valence-corrected chi connectivity index (χ0v) is 46.4. The number of likely N-dealkylation sites (tertiary alicyclic amines) is 2. The lowest BCUT2D eigenvalue weighted by Crippen LogP contribution is -2.61. The largest absolute Gasteiger partial charge is 0.480 e. The number of aliphatic carboxylic acids is 1. The number of thiol groups is 1. The molecular weight excluding hydrogens is 1070 g/mol. The minimum Gasteiger partial charge on any atom is -0.480 e. The van der Waals surface area contributed by atoms with E-state index in [1.165, 1.54) is 9.80 Å². The molecule has 26 nitrogen and oxygen atoms in total. The van der Waals surface area contributed by atoms with Crippen molar-refractivity contribution in [1.29, 1.82) is 0 Å². The first kappa shape index (κ1) is 64.2. The van der Waals surface area contributed by atoms with Crippen LogP contribution in [0.2, 0.25) is 0 Å². The van der Waals surface area contributed by atoms with Gasteiger partial charge in [0, 0.05) is 55.2 Å². The van der Waals surface area contributed by atoms with E-state index < -0.39 is 138 Å². The van der Waals surface area contributed by atoms with E-state index in [1.807, 2.05) is 18.2 Å². The molecule has 16 N–H and O–H groups in total. The summed E-state index contributed by atoms with van der Waals surface area (Å²) >= 11 is 3.96. The van der Waals surface area contributed by atoms with Crippen LogP contribution in [-0.4, -0.2) is 183 Å². The van der Waals surface area contributed by atoms with Gasteiger partial charge in [-0.05, 0) is 81.0 Å². The van der Waals surface area contributed by atoms with E-state index in [4.69, 9.17) is 17.2 Å². The summed E-state index contributed by atoms with van der Waals surface area (Å²) in [5.41, 5.74) is 18.6. The minimum absolute atomic E-state index is 0.0121. The second-order valence-corrected chi connectivity index (χ2v) is 20.9. The van der Waals surface area contributed by atoms with Crippen LogP contribution in [0, 0.1) is 5.92 Å². The van der Waals surface area contributed by atoms with E-state index in [0.717, 1.165) is 10.9 Å². The van der Waals surface area contributed by atoms with Crippen LogP contribution in [0.25, 0.3) is 10.9 Å². The Morgan fingerprint density at radius 2 is 1.33 bits per heavy atom. The average molecular weight is 1150 g/mol. The number of nitrogens with one attached hydrogen (secondary N) is 8. The van der Waals surface area contributed by atoms with E-state index in [1.54, 1.807) is 56.4 Å². The number of nitrogens with two attached hydrogens (primary N) is 3. The summed E-state index contributed by atoms with van der Waals surface area (Å²) in [6, 6.07) is 4.60. The smallest absolute Gasteiger partial charge is 0.326 e. The Hall–Kier alpha value is -7.62. The molecular formula is C54H77N13O13S. The SMILES string of the molecule is CC(C)[C@H](NC(=O)[C@H](Cc1c[nH]c2ccccc12)NC(=O)[C@@H]1CCCN1C(=O)[C@@H]1CCCN1C(=O)[C@H](Cc1ccccc1)NC(=O)[C@H](CO)NC(=O)CNC(=O)[C@@H](N)CS)C(=O)N[C@@H](CCCCN)C(=O)N[C@@H](CCC(N)=O)C(=O)O. The fraction of sp³-hybridized carbons (Fsp3) is 0.537. The van der Waals surface area contributed by atoms with Gasteiger partial charge in [0.1, 0.15) is 48.3 Å². The predicted octanol–water partition coefficient (Wildman–Crippen LogP) is -2.66. The van der Waals surface area contributed by atoms with Gasteiger partial charge in [0.25, 0.3) is 0 Å². The molecule has 2 aliphatic heterocycles. The lowest BCUT2D eigenvalue weighted by atomic mass is 9.99. The topological polar surface area (TPSA) is 413 Å². The third-order valence-electron chi connectivity index (χ3n) is 14.2. The fourth-order valence-corrected chi connectivity index (χ4v) is 9.92. The Morgan fingerprint density at radius 1 is 0.704 bits per heavy atom. The minimum atomic E-state index is -1.54. The van der Waals surface area contributed by atoms with Gasteiger partial charge in [-0.2, -0.15) is 12.6 Å². The highest BCUT2D eigenvalue weighted by Crippen LogP contribution is 2.27. The number of amides is 10. The number of unbranched alkanes of at least 4 members (excludes halogenated alkanes) is 1. The molecule has 0 radical (unpaired) electrons. The molecule has 3 heterocycles. The second-order valence-electron chi connectivity index (χ2n) is 20.5. The fourth-order valence-electron chi connectivity index (χ4n) is 9.75. The summed E-state index contributed by atoms with van der Waals surface area (Å²) in [7, 11) is 0. The number of aromatic nitrogens is 1. The Kier molecular flexibility index (Phi) is 24.9. The number of rotatable bonds is 31. The molecule has 1 aromatic heterocycles. The van der Waals surface area contributed by atoms with Crippen LogP contribution in [-0.2, 0) is 65.6 Å². The van der Waals surface area contributed by atoms with Crippen molar-refractivity contribution in [3.63, 3.8) is 0 Å². The van der Waals surface area contributed by atoms with Gasteiger partial charge in [-0.25, -0.2) is 4.79 Å². The molecule has 81 heavy (non-hydrogen) atoms. The van der Waals surface area contributed by atoms with Crippen molar-refractivity contribution in [2.45, 2.75) is 139 Å². The zero-order chi connectivity index (χ0) is 59.3. The molecule has 2 aliphatic rings. The van der Waals surface area contributed by atoms with Gasteiger partial charge >= 0.3 is 5.97 Å². The Morgan fingerprint density at radius 3 is 1.99 bits per heavy atom. The van der Waals surface area contributed by atoms with E-state index in [-0.39, 0.29) is 70.3 Å². The van der Waals surface area contributed by atoms with E-state index in [0.29, 0.717) is 36.8 Å². The number of aliphatic hydroxyl groups excluding tert-OH is 1. The molecule has 442 valence electrons. The van der Waals surface area contributed by atoms with Crippen molar-refractivity contribution >= 4 is 88.6 Å². The molecule has 2 saturated heterocycles. The van der Waals surface area contributed by atoms with Gasteiger partial charge < -0.3 is 79.4 Å². The van der Waals surface area contributed by atoms with E-state index in [9.17, 15) is 63.0 Å². The number of H-pyrrole nitrogens is 1. The first-order valence-corrected chi connectivity index (χ1v) is 27.8. The maximum Gasteiger partial charge on any atom is 0.326 e. The van der Waals surface area contributed by atoms with Crippen molar-refractivity contribution in [3.8, 4) is 0 Å². The molecule has 0 unspecified atom stereocenters. The summed E-state index contributed by atoms with van der Waals surface area (Å²) in [5, 5.41) is 38.6. The molecule has 0 aliphatic carbocycles. The van der Waals surface area contributed by atoms with E-state index in [2.05, 4.69) is 54.8 Å². The molecule has 2 aromatic carbocycles. The highest BCUT2D eigenvalue weighted by molar-refractivity contribution is 7.80. The first-order chi connectivity index (χ1) is 38.7. The number of carbonyl (C=O) groups excluding carboxylic acids is 10. The molecule has 0 bridgehead atoms. The van der Waals surface area contributed by atoms with Gasteiger partial charge in [-0.1, -0.05) is 62.4 Å². The third-order valence-corrected chi connectivity index (χ3v) is 14.6. The number of benzene rings is 2. The van der Waals surface area contributed by atoms with Gasteiger partial charge in [-0.15, -0.1) is 0 Å². The summed E-state index contributed by atoms with van der Waals surface area (Å²) in [6.07, 6.45) is 3.03. The molecule has 5 rings (SSSR count). The third kappa shape index (κ3) is 18.5. The number of aliphatic hydroxyl groups is 1. The van der Waals surface area contributed by atoms with Crippen LogP contribution in [0.15, 0.2) is 60.8 Å². The number of primary amides is 1. The lowest BCUT2D eigenvalue weighted by Gasteiger charge is -2.34. The molecule has 9 atom stereocenters. The average Bonchev–Trinajstić information content (AvgIpc) is 4.30. The van der Waals surface area contributed by atoms with Crippen LogP contribution in [0.5, 0.6) is 0 Å². The van der Waals surface area contributed by atoms with Crippen molar-refractivity contribution in [3.05, 3.63) is 71.9 Å². The number of fused-ring (bicyclic) bond motifs is 1.